The Balaban J connectivity index is 1.54. The van der Waals surface area contributed by atoms with Gasteiger partial charge in [-0.05, 0) is 31.9 Å². The van der Waals surface area contributed by atoms with Crippen molar-refractivity contribution >= 4 is 17.5 Å². The predicted octanol–water partition coefficient (Wildman–Crippen LogP) is 3.44. The molecule has 0 unspecified atom stereocenters. The van der Waals surface area contributed by atoms with Gasteiger partial charge in [0.15, 0.2) is 0 Å². The van der Waals surface area contributed by atoms with Crippen molar-refractivity contribution in [2.75, 3.05) is 18.4 Å². The highest BCUT2D eigenvalue weighted by Gasteiger charge is 2.29. The van der Waals surface area contributed by atoms with Crippen LogP contribution in [0.1, 0.15) is 42.7 Å². The normalized spacial score (nSPS) is 15.6. The van der Waals surface area contributed by atoms with E-state index in [1.54, 1.807) is 0 Å². The fourth-order valence-corrected chi connectivity index (χ4v) is 3.12. The summed E-state index contributed by atoms with van der Waals surface area (Å²) in [5, 5.41) is 6.34. The number of aryl methyl sites for hydroxylation is 1. The highest BCUT2D eigenvalue weighted by Crippen LogP contribution is 2.29. The maximum atomic E-state index is 13.2. The lowest BCUT2D eigenvalue weighted by Gasteiger charge is -2.30. The number of benzene rings is 1. The molecule has 1 aliphatic heterocycles. The standard InChI is InChI=1S/C19H21F2N3O3/c1-12-11-16(27-23-12)13-7-9-24(10-8-13)18(26)17(25)22-15-5-3-14(4-6-15)19(2,20)21/h3-6,11,13H,7-10H2,1-2H3,(H,22,25). The molecule has 2 aromatic rings. The van der Waals surface area contributed by atoms with Crippen molar-refractivity contribution in [3.8, 4) is 0 Å². The zero-order valence-electron chi connectivity index (χ0n) is 15.2. The van der Waals surface area contributed by atoms with Gasteiger partial charge in [0.2, 0.25) is 0 Å². The van der Waals surface area contributed by atoms with Gasteiger partial charge in [-0.25, -0.2) is 8.78 Å². The van der Waals surface area contributed by atoms with Crippen molar-refractivity contribution in [1.82, 2.24) is 10.1 Å². The summed E-state index contributed by atoms with van der Waals surface area (Å²) in [5.74, 6) is -3.38. The minimum absolute atomic E-state index is 0.156. The van der Waals surface area contributed by atoms with Crippen LogP contribution in [0.5, 0.6) is 0 Å². The molecule has 0 radical (unpaired) electrons. The first-order valence-electron chi connectivity index (χ1n) is 8.76. The number of hydrogen-bond donors (Lipinski definition) is 1. The average Bonchev–Trinajstić information content (AvgIpc) is 3.07. The number of anilines is 1. The Bertz CT molecular complexity index is 819. The minimum atomic E-state index is -2.95. The molecule has 2 heterocycles. The van der Waals surface area contributed by atoms with Crippen LogP contribution in [0, 0.1) is 6.92 Å². The Morgan fingerprint density at radius 3 is 2.37 bits per heavy atom. The number of likely N-dealkylation sites (tertiary alicyclic amines) is 1. The molecule has 1 saturated heterocycles. The van der Waals surface area contributed by atoms with Crippen molar-refractivity contribution in [3.05, 3.63) is 47.3 Å². The first kappa shape index (κ1) is 19.0. The van der Waals surface area contributed by atoms with E-state index >= 15 is 0 Å². The monoisotopic (exact) mass is 377 g/mol. The second kappa shape index (κ2) is 7.46. The lowest BCUT2D eigenvalue weighted by atomic mass is 9.94. The molecular weight excluding hydrogens is 356 g/mol. The first-order chi connectivity index (χ1) is 12.7. The van der Waals surface area contributed by atoms with E-state index in [0.717, 1.165) is 18.4 Å². The molecule has 1 aromatic carbocycles. The molecule has 6 nitrogen and oxygen atoms in total. The lowest BCUT2D eigenvalue weighted by Crippen LogP contribution is -2.43. The van der Waals surface area contributed by atoms with Gasteiger partial charge >= 0.3 is 11.8 Å². The molecule has 1 fully saturated rings. The average molecular weight is 377 g/mol. The summed E-state index contributed by atoms with van der Waals surface area (Å²) in [6.45, 7) is 3.54. The summed E-state index contributed by atoms with van der Waals surface area (Å²) in [6, 6.07) is 7.06. The SMILES string of the molecule is Cc1cc(C2CCN(C(=O)C(=O)Nc3ccc(C(C)(F)F)cc3)CC2)on1. The fraction of sp³-hybridized carbons (Fsp3) is 0.421. The maximum absolute atomic E-state index is 13.2. The van der Waals surface area contributed by atoms with Crippen LogP contribution in [-0.2, 0) is 15.5 Å². The van der Waals surface area contributed by atoms with E-state index in [2.05, 4.69) is 10.5 Å². The van der Waals surface area contributed by atoms with Crippen molar-refractivity contribution < 1.29 is 22.9 Å². The number of hydrogen-bond acceptors (Lipinski definition) is 4. The molecule has 144 valence electrons. The first-order valence-corrected chi connectivity index (χ1v) is 8.76. The van der Waals surface area contributed by atoms with Crippen LogP contribution in [0.15, 0.2) is 34.9 Å². The Labute approximate surface area is 155 Å². The molecule has 0 atom stereocenters. The maximum Gasteiger partial charge on any atom is 0.313 e. The van der Waals surface area contributed by atoms with Gasteiger partial charge < -0.3 is 14.7 Å². The van der Waals surface area contributed by atoms with E-state index in [9.17, 15) is 18.4 Å². The molecule has 0 saturated carbocycles. The summed E-state index contributed by atoms with van der Waals surface area (Å²) in [4.78, 5) is 26.0. The number of nitrogens with one attached hydrogen (secondary N) is 1. The number of alkyl halides is 2. The van der Waals surface area contributed by atoms with Crippen LogP contribution in [-0.4, -0.2) is 35.0 Å². The third-order valence-electron chi connectivity index (χ3n) is 4.67. The van der Waals surface area contributed by atoms with E-state index in [-0.39, 0.29) is 11.5 Å². The second-order valence-corrected chi connectivity index (χ2v) is 6.86. The van der Waals surface area contributed by atoms with Gasteiger partial charge in [-0.2, -0.15) is 0 Å². The number of halogens is 2. The van der Waals surface area contributed by atoms with Crippen molar-refractivity contribution in [2.45, 2.75) is 38.5 Å². The van der Waals surface area contributed by atoms with Gasteiger partial charge in [-0.3, -0.25) is 9.59 Å². The molecule has 1 N–H and O–H groups in total. The van der Waals surface area contributed by atoms with Gasteiger partial charge in [-0.1, -0.05) is 17.3 Å². The van der Waals surface area contributed by atoms with Gasteiger partial charge in [0.1, 0.15) is 5.76 Å². The lowest BCUT2D eigenvalue weighted by molar-refractivity contribution is -0.143. The Kier molecular flexibility index (Phi) is 5.25. The van der Waals surface area contributed by atoms with Crippen LogP contribution in [0.2, 0.25) is 0 Å². The smallest absolute Gasteiger partial charge is 0.313 e. The summed E-state index contributed by atoms with van der Waals surface area (Å²) in [5.41, 5.74) is 0.958. The highest BCUT2D eigenvalue weighted by atomic mass is 19.3. The summed E-state index contributed by atoms with van der Waals surface area (Å²) < 4.78 is 31.7. The zero-order valence-corrected chi connectivity index (χ0v) is 15.2. The molecule has 2 amide bonds. The zero-order chi connectivity index (χ0) is 19.6. The number of rotatable bonds is 3. The molecule has 1 aliphatic rings. The van der Waals surface area contributed by atoms with E-state index in [0.29, 0.717) is 31.6 Å². The van der Waals surface area contributed by atoms with Crippen LogP contribution in [0.3, 0.4) is 0 Å². The quantitative estimate of drug-likeness (QED) is 0.832. The van der Waals surface area contributed by atoms with E-state index in [1.165, 1.54) is 29.2 Å². The topological polar surface area (TPSA) is 75.4 Å². The number of carbonyl (C=O) groups is 2. The molecule has 0 bridgehead atoms. The van der Waals surface area contributed by atoms with Crippen LogP contribution in [0.25, 0.3) is 0 Å². The largest absolute Gasteiger partial charge is 0.361 e. The van der Waals surface area contributed by atoms with Gasteiger partial charge in [0, 0.05) is 43.2 Å². The number of nitrogens with zero attached hydrogens (tertiary/aromatic N) is 2. The second-order valence-electron chi connectivity index (χ2n) is 6.86. The Hall–Kier alpha value is -2.77. The minimum Gasteiger partial charge on any atom is -0.361 e. The molecule has 1 aromatic heterocycles. The predicted molar refractivity (Wildman–Crippen MR) is 94.4 cm³/mol. The third kappa shape index (κ3) is 4.50. The van der Waals surface area contributed by atoms with Crippen molar-refractivity contribution in [3.63, 3.8) is 0 Å². The van der Waals surface area contributed by atoms with Crippen LogP contribution in [0.4, 0.5) is 14.5 Å². The number of amides is 2. The Morgan fingerprint density at radius 2 is 1.85 bits per heavy atom. The van der Waals surface area contributed by atoms with E-state index in [4.69, 9.17) is 4.52 Å². The van der Waals surface area contributed by atoms with Crippen LogP contribution < -0.4 is 5.32 Å². The number of carbonyl (C=O) groups excluding carboxylic acids is 2. The van der Waals surface area contributed by atoms with E-state index in [1.807, 2.05) is 13.0 Å². The van der Waals surface area contributed by atoms with Gasteiger partial charge in [-0.15, -0.1) is 0 Å². The number of piperidine rings is 1. The van der Waals surface area contributed by atoms with E-state index < -0.39 is 17.7 Å². The molecule has 0 spiro atoms. The molecule has 0 aliphatic carbocycles. The molecular formula is C19H21F2N3O3. The summed E-state index contributed by atoms with van der Waals surface area (Å²) in [6.07, 6.45) is 1.38. The molecule has 3 rings (SSSR count). The summed E-state index contributed by atoms with van der Waals surface area (Å²) >= 11 is 0. The fourth-order valence-electron chi connectivity index (χ4n) is 3.12. The molecule has 8 heteroatoms. The van der Waals surface area contributed by atoms with Gasteiger partial charge in [0.25, 0.3) is 5.92 Å². The number of aromatic nitrogens is 1. The van der Waals surface area contributed by atoms with Crippen molar-refractivity contribution in [1.29, 1.82) is 0 Å². The highest BCUT2D eigenvalue weighted by molar-refractivity contribution is 6.39. The molecule has 27 heavy (non-hydrogen) atoms. The summed E-state index contributed by atoms with van der Waals surface area (Å²) in [7, 11) is 0. The Morgan fingerprint density at radius 1 is 1.22 bits per heavy atom. The van der Waals surface area contributed by atoms with Crippen LogP contribution >= 0.6 is 0 Å². The van der Waals surface area contributed by atoms with Gasteiger partial charge in [0.05, 0.1) is 5.69 Å². The van der Waals surface area contributed by atoms with Crippen molar-refractivity contribution in [2.24, 2.45) is 0 Å². The third-order valence-corrected chi connectivity index (χ3v) is 4.67.